The number of ether oxygens (including phenoxy) is 1. The summed E-state index contributed by atoms with van der Waals surface area (Å²) in [5.74, 6) is -2.37. The van der Waals surface area contributed by atoms with Crippen LogP contribution in [0.25, 0.3) is 0 Å². The van der Waals surface area contributed by atoms with Crippen molar-refractivity contribution in [1.29, 1.82) is 0 Å². The minimum absolute atomic E-state index is 0.264. The van der Waals surface area contributed by atoms with Crippen LogP contribution in [0.1, 0.15) is 24.2 Å². The summed E-state index contributed by atoms with van der Waals surface area (Å²) in [5.41, 5.74) is -1.10. The summed E-state index contributed by atoms with van der Waals surface area (Å²) in [5, 5.41) is 0. The Morgan fingerprint density at radius 3 is 2.47 bits per heavy atom. The molecule has 0 saturated carbocycles. The molecule has 1 fully saturated rings. The molecule has 1 aliphatic rings. The van der Waals surface area contributed by atoms with Crippen molar-refractivity contribution in [2.45, 2.75) is 19.4 Å². The van der Waals surface area contributed by atoms with Crippen LogP contribution in [0.3, 0.4) is 0 Å². The minimum atomic E-state index is -0.862. The van der Waals surface area contributed by atoms with Crippen molar-refractivity contribution in [1.82, 2.24) is 4.90 Å². The van der Waals surface area contributed by atoms with Gasteiger partial charge < -0.3 is 9.64 Å². The number of halogens is 3. The van der Waals surface area contributed by atoms with Gasteiger partial charge in [0.25, 0.3) is 5.91 Å². The van der Waals surface area contributed by atoms with Crippen molar-refractivity contribution in [2.24, 2.45) is 0 Å². The van der Waals surface area contributed by atoms with Gasteiger partial charge in [0.1, 0.15) is 17.2 Å². The smallest absolute Gasteiger partial charge is 0.260 e. The maximum atomic E-state index is 13.8. The lowest BCUT2D eigenvalue weighted by Gasteiger charge is -2.42. The summed E-state index contributed by atoms with van der Waals surface area (Å²) in [6, 6.07) is 2.17. The molecule has 0 N–H and O–H groups in total. The molecule has 6 heteroatoms. The lowest BCUT2D eigenvalue weighted by atomic mass is 10.0. The number of hydrogen-bond donors (Lipinski definition) is 0. The van der Waals surface area contributed by atoms with Gasteiger partial charge in [-0.05, 0) is 26.0 Å². The molecule has 0 radical (unpaired) electrons. The maximum absolute atomic E-state index is 13.8. The van der Waals surface area contributed by atoms with Crippen LogP contribution in [0.4, 0.5) is 8.78 Å². The van der Waals surface area contributed by atoms with Gasteiger partial charge in [-0.15, -0.1) is 0 Å². The molecule has 0 aromatic heterocycles. The van der Waals surface area contributed by atoms with Crippen molar-refractivity contribution in [3.8, 4) is 0 Å². The van der Waals surface area contributed by atoms with Crippen LogP contribution in [-0.2, 0) is 4.74 Å². The number of rotatable bonds is 1. The zero-order chi connectivity index (χ0) is 14.2. The van der Waals surface area contributed by atoms with Gasteiger partial charge in [0.2, 0.25) is 0 Å². The fourth-order valence-electron chi connectivity index (χ4n) is 2.12. The molecule has 0 atom stereocenters. The van der Waals surface area contributed by atoms with Crippen LogP contribution in [0.5, 0.6) is 0 Å². The summed E-state index contributed by atoms with van der Waals surface area (Å²) >= 11 is 2.99. The summed E-state index contributed by atoms with van der Waals surface area (Å²) in [6.45, 7) is 4.64. The fourth-order valence-corrected chi connectivity index (χ4v) is 2.52. The van der Waals surface area contributed by atoms with Gasteiger partial charge >= 0.3 is 0 Å². The van der Waals surface area contributed by atoms with E-state index >= 15 is 0 Å². The molecule has 3 nitrogen and oxygen atoms in total. The second-order valence-electron chi connectivity index (χ2n) is 5.07. The zero-order valence-electron chi connectivity index (χ0n) is 10.7. The van der Waals surface area contributed by atoms with E-state index in [1.165, 1.54) is 4.90 Å². The molecular weight excluding hydrogens is 320 g/mol. The molecule has 104 valence electrons. The first-order valence-corrected chi connectivity index (χ1v) is 6.66. The van der Waals surface area contributed by atoms with Crippen LogP contribution in [0.15, 0.2) is 16.6 Å². The van der Waals surface area contributed by atoms with Gasteiger partial charge in [0, 0.05) is 11.0 Å². The molecule has 0 unspecified atom stereocenters. The lowest BCUT2D eigenvalue weighted by Crippen LogP contribution is -2.55. The Labute approximate surface area is 118 Å². The average molecular weight is 334 g/mol. The zero-order valence-corrected chi connectivity index (χ0v) is 12.3. The van der Waals surface area contributed by atoms with Crippen LogP contribution in [0.2, 0.25) is 0 Å². The monoisotopic (exact) mass is 333 g/mol. The summed E-state index contributed by atoms with van der Waals surface area (Å²) in [6.07, 6.45) is 0. The third-order valence-electron chi connectivity index (χ3n) is 3.11. The Morgan fingerprint density at radius 2 is 1.95 bits per heavy atom. The number of hydrogen-bond acceptors (Lipinski definition) is 2. The van der Waals surface area contributed by atoms with E-state index < -0.39 is 28.6 Å². The first-order chi connectivity index (χ1) is 8.83. The van der Waals surface area contributed by atoms with E-state index in [0.29, 0.717) is 19.8 Å². The maximum Gasteiger partial charge on any atom is 0.260 e. The Kier molecular flexibility index (Phi) is 3.92. The first-order valence-electron chi connectivity index (χ1n) is 5.87. The van der Waals surface area contributed by atoms with E-state index in [-0.39, 0.29) is 4.47 Å². The van der Waals surface area contributed by atoms with Crippen LogP contribution >= 0.6 is 15.9 Å². The second-order valence-corrected chi connectivity index (χ2v) is 5.98. The van der Waals surface area contributed by atoms with Gasteiger partial charge in [0.15, 0.2) is 0 Å². The Balaban J connectivity index is 2.39. The van der Waals surface area contributed by atoms with Crippen LogP contribution in [-0.4, -0.2) is 36.1 Å². The van der Waals surface area contributed by atoms with Crippen LogP contribution < -0.4 is 0 Å². The van der Waals surface area contributed by atoms with Crippen molar-refractivity contribution in [3.63, 3.8) is 0 Å². The molecule has 0 spiro atoms. The first kappa shape index (κ1) is 14.4. The van der Waals surface area contributed by atoms with Gasteiger partial charge in [-0.25, -0.2) is 8.78 Å². The highest BCUT2D eigenvalue weighted by Crippen LogP contribution is 2.26. The molecule has 2 rings (SSSR count). The van der Waals surface area contributed by atoms with E-state index in [1.54, 1.807) is 13.8 Å². The molecule has 1 amide bonds. The molecule has 19 heavy (non-hydrogen) atoms. The number of carbonyl (C=O) groups excluding carboxylic acids is 1. The SMILES string of the molecule is CC1(C)COCCN1C(=O)c1c(F)cc(Br)cc1F. The largest absolute Gasteiger partial charge is 0.377 e. The van der Waals surface area contributed by atoms with Crippen LogP contribution in [0, 0.1) is 11.6 Å². The van der Waals surface area contributed by atoms with E-state index in [2.05, 4.69) is 15.9 Å². The van der Waals surface area contributed by atoms with Gasteiger partial charge in [-0.1, -0.05) is 15.9 Å². The lowest BCUT2D eigenvalue weighted by molar-refractivity contribution is -0.0374. The third kappa shape index (κ3) is 2.79. The molecule has 1 aliphatic heterocycles. The number of amides is 1. The van der Waals surface area contributed by atoms with Crippen molar-refractivity contribution in [3.05, 3.63) is 33.8 Å². The quantitative estimate of drug-likeness (QED) is 0.790. The second kappa shape index (κ2) is 5.17. The number of nitrogens with zero attached hydrogens (tertiary/aromatic N) is 1. The van der Waals surface area contributed by atoms with Crippen molar-refractivity contribution >= 4 is 21.8 Å². The Bertz CT molecular complexity index is 496. The predicted octanol–water partition coefficient (Wildman–Crippen LogP) is 2.98. The molecular formula is C13H14BrF2NO2. The highest BCUT2D eigenvalue weighted by Gasteiger charge is 2.36. The predicted molar refractivity (Wildman–Crippen MR) is 70.0 cm³/mol. The molecule has 1 aromatic carbocycles. The average Bonchev–Trinajstić information content (AvgIpc) is 2.26. The van der Waals surface area contributed by atoms with Gasteiger partial charge in [-0.3, -0.25) is 4.79 Å². The highest BCUT2D eigenvalue weighted by atomic mass is 79.9. The fraction of sp³-hybridized carbons (Fsp3) is 0.462. The normalized spacial score (nSPS) is 18.5. The van der Waals surface area contributed by atoms with Crippen molar-refractivity contribution < 1.29 is 18.3 Å². The van der Waals surface area contributed by atoms with E-state index in [0.717, 1.165) is 12.1 Å². The number of carbonyl (C=O) groups is 1. The number of morpholine rings is 1. The van der Waals surface area contributed by atoms with E-state index in [4.69, 9.17) is 4.74 Å². The Morgan fingerprint density at radius 1 is 1.37 bits per heavy atom. The van der Waals surface area contributed by atoms with Crippen molar-refractivity contribution in [2.75, 3.05) is 19.8 Å². The summed E-state index contributed by atoms with van der Waals surface area (Å²) in [4.78, 5) is 13.8. The minimum Gasteiger partial charge on any atom is -0.377 e. The third-order valence-corrected chi connectivity index (χ3v) is 3.57. The number of benzene rings is 1. The highest BCUT2D eigenvalue weighted by molar-refractivity contribution is 9.10. The summed E-state index contributed by atoms with van der Waals surface area (Å²) in [7, 11) is 0. The molecule has 1 saturated heterocycles. The molecule has 1 aromatic rings. The Hall–Kier alpha value is -1.01. The van der Waals surface area contributed by atoms with Gasteiger partial charge in [0.05, 0.1) is 18.8 Å². The molecule has 0 bridgehead atoms. The molecule has 1 heterocycles. The topological polar surface area (TPSA) is 29.5 Å². The van der Waals surface area contributed by atoms with Gasteiger partial charge in [-0.2, -0.15) is 0 Å². The molecule has 0 aliphatic carbocycles. The van der Waals surface area contributed by atoms with E-state index in [9.17, 15) is 13.6 Å². The summed E-state index contributed by atoms with van der Waals surface area (Å²) < 4.78 is 33.2. The van der Waals surface area contributed by atoms with E-state index in [1.807, 2.05) is 0 Å². The standard InChI is InChI=1S/C13H14BrF2NO2/c1-13(2)7-19-4-3-17(13)12(18)11-9(15)5-8(14)6-10(11)16/h5-6H,3-4,7H2,1-2H3.